The van der Waals surface area contributed by atoms with E-state index in [1.54, 1.807) is 0 Å². The van der Waals surface area contributed by atoms with Gasteiger partial charge in [0.05, 0.1) is 29.7 Å². The maximum atomic E-state index is 12.2. The van der Waals surface area contributed by atoms with Gasteiger partial charge in [0.15, 0.2) is 0 Å². The fourth-order valence-electron chi connectivity index (χ4n) is 2.22. The highest BCUT2D eigenvalue weighted by atomic mass is 35.5. The van der Waals surface area contributed by atoms with Crippen molar-refractivity contribution in [3.63, 3.8) is 0 Å². The lowest BCUT2D eigenvalue weighted by molar-refractivity contribution is 0.119. The number of rotatable bonds is 6. The van der Waals surface area contributed by atoms with Crippen LogP contribution in [0.5, 0.6) is 6.01 Å². The number of hydrogen-bond donors (Lipinski definition) is 0. The van der Waals surface area contributed by atoms with Crippen molar-refractivity contribution in [3.8, 4) is 6.01 Å². The molecule has 0 unspecified atom stereocenters. The molecule has 1 aliphatic rings. The van der Waals surface area contributed by atoms with Crippen molar-refractivity contribution in [1.82, 2.24) is 14.3 Å². The lowest BCUT2D eigenvalue weighted by atomic mass is 10.1. The number of piperidine rings is 1. The molecule has 1 saturated heterocycles. The van der Waals surface area contributed by atoms with Crippen LogP contribution in [0.15, 0.2) is 12.4 Å². The molecule has 2 heterocycles. The summed E-state index contributed by atoms with van der Waals surface area (Å²) in [7, 11) is -3.19. The van der Waals surface area contributed by atoms with Crippen molar-refractivity contribution in [2.24, 2.45) is 0 Å². The van der Waals surface area contributed by atoms with E-state index in [0.717, 1.165) is 19.3 Å². The molecular formula is C13H20ClN3O3S. The van der Waals surface area contributed by atoms with Gasteiger partial charge in [-0.25, -0.2) is 18.4 Å². The zero-order valence-corrected chi connectivity index (χ0v) is 13.6. The Labute approximate surface area is 130 Å². The molecule has 0 aliphatic carbocycles. The first-order valence-corrected chi connectivity index (χ1v) is 9.12. The minimum atomic E-state index is -3.19. The molecule has 21 heavy (non-hydrogen) atoms. The van der Waals surface area contributed by atoms with Crippen LogP contribution in [0.3, 0.4) is 0 Å². The SMILES string of the molecule is CCCCS(=O)(=O)N1CCC[C@H](Oc2ncc(Cl)cn2)C1. The molecule has 1 fully saturated rings. The predicted octanol–water partition coefficient (Wildman–Crippen LogP) is 2.10. The minimum Gasteiger partial charge on any atom is -0.459 e. The van der Waals surface area contributed by atoms with Crippen molar-refractivity contribution in [1.29, 1.82) is 0 Å². The molecule has 8 heteroatoms. The van der Waals surface area contributed by atoms with Gasteiger partial charge in [-0.2, -0.15) is 4.31 Å². The van der Waals surface area contributed by atoms with Crippen molar-refractivity contribution in [2.75, 3.05) is 18.8 Å². The molecule has 1 aliphatic heterocycles. The second-order valence-corrected chi connectivity index (χ2v) is 7.62. The number of aromatic nitrogens is 2. The normalized spacial score (nSPS) is 20.4. The summed E-state index contributed by atoms with van der Waals surface area (Å²) in [6.45, 7) is 2.90. The van der Waals surface area contributed by atoms with E-state index in [9.17, 15) is 8.42 Å². The van der Waals surface area contributed by atoms with E-state index in [1.807, 2.05) is 6.92 Å². The van der Waals surface area contributed by atoms with Gasteiger partial charge in [-0.3, -0.25) is 0 Å². The lowest BCUT2D eigenvalue weighted by Gasteiger charge is -2.31. The predicted molar refractivity (Wildman–Crippen MR) is 81.0 cm³/mol. The first kappa shape index (κ1) is 16.5. The zero-order valence-electron chi connectivity index (χ0n) is 12.0. The summed E-state index contributed by atoms with van der Waals surface area (Å²) < 4.78 is 31.6. The van der Waals surface area contributed by atoms with E-state index in [4.69, 9.17) is 16.3 Å². The Bertz CT molecular complexity index is 550. The van der Waals surface area contributed by atoms with Crippen LogP contribution >= 0.6 is 11.6 Å². The van der Waals surface area contributed by atoms with Crippen molar-refractivity contribution in [3.05, 3.63) is 17.4 Å². The van der Waals surface area contributed by atoms with Crippen LogP contribution in [0.4, 0.5) is 0 Å². The van der Waals surface area contributed by atoms with Crippen LogP contribution in [0.1, 0.15) is 32.6 Å². The molecule has 0 N–H and O–H groups in total. The molecule has 2 rings (SSSR count). The quantitative estimate of drug-likeness (QED) is 0.797. The first-order chi connectivity index (χ1) is 10.0. The zero-order chi connectivity index (χ0) is 15.3. The van der Waals surface area contributed by atoms with Gasteiger partial charge in [0.25, 0.3) is 0 Å². The standard InChI is InChI=1S/C13H20ClN3O3S/c1-2-3-7-21(18,19)17-6-4-5-12(10-17)20-13-15-8-11(14)9-16-13/h8-9,12H,2-7,10H2,1H3/t12-/m0/s1. The molecular weight excluding hydrogens is 314 g/mol. The highest BCUT2D eigenvalue weighted by Gasteiger charge is 2.29. The largest absolute Gasteiger partial charge is 0.459 e. The van der Waals surface area contributed by atoms with Gasteiger partial charge < -0.3 is 4.74 Å². The number of sulfonamides is 1. The van der Waals surface area contributed by atoms with Crippen molar-refractivity contribution in [2.45, 2.75) is 38.7 Å². The van der Waals surface area contributed by atoms with E-state index in [1.165, 1.54) is 16.7 Å². The molecule has 6 nitrogen and oxygen atoms in total. The Morgan fingerprint density at radius 2 is 2.14 bits per heavy atom. The monoisotopic (exact) mass is 333 g/mol. The Balaban J connectivity index is 1.95. The summed E-state index contributed by atoms with van der Waals surface area (Å²) in [5.41, 5.74) is 0. The van der Waals surface area contributed by atoms with E-state index >= 15 is 0 Å². The average molecular weight is 334 g/mol. The molecule has 0 saturated carbocycles. The molecule has 0 bridgehead atoms. The third kappa shape index (κ3) is 4.79. The molecule has 0 amide bonds. The van der Waals surface area contributed by atoms with E-state index < -0.39 is 10.0 Å². The maximum Gasteiger partial charge on any atom is 0.316 e. The smallest absolute Gasteiger partial charge is 0.316 e. The van der Waals surface area contributed by atoms with Crippen molar-refractivity contribution < 1.29 is 13.2 Å². The van der Waals surface area contributed by atoms with Crippen molar-refractivity contribution >= 4 is 21.6 Å². The molecule has 1 aromatic rings. The Hall–Kier alpha value is -0.920. The van der Waals surface area contributed by atoms with Gasteiger partial charge >= 0.3 is 6.01 Å². The number of unbranched alkanes of at least 4 members (excludes halogenated alkanes) is 1. The van der Waals surface area contributed by atoms with Gasteiger partial charge in [0.2, 0.25) is 10.0 Å². The molecule has 118 valence electrons. The Morgan fingerprint density at radius 3 is 2.81 bits per heavy atom. The molecule has 1 aromatic heterocycles. The van der Waals surface area contributed by atoms with Gasteiger partial charge in [-0.15, -0.1) is 0 Å². The Kier molecular flexibility index (Phi) is 5.78. The third-order valence-corrected chi connectivity index (χ3v) is 5.48. The topological polar surface area (TPSA) is 72.4 Å². The molecule has 0 spiro atoms. The fraction of sp³-hybridized carbons (Fsp3) is 0.692. The van der Waals surface area contributed by atoms with Gasteiger partial charge in [-0.1, -0.05) is 24.9 Å². The third-order valence-electron chi connectivity index (χ3n) is 3.36. The van der Waals surface area contributed by atoms with Gasteiger partial charge in [0.1, 0.15) is 6.10 Å². The molecule has 0 radical (unpaired) electrons. The van der Waals surface area contributed by atoms with Crippen LogP contribution in [-0.2, 0) is 10.0 Å². The first-order valence-electron chi connectivity index (χ1n) is 7.13. The second-order valence-electron chi connectivity index (χ2n) is 5.09. The molecule has 0 aromatic carbocycles. The highest BCUT2D eigenvalue weighted by Crippen LogP contribution is 2.19. The number of hydrogen-bond acceptors (Lipinski definition) is 5. The Morgan fingerprint density at radius 1 is 1.43 bits per heavy atom. The lowest BCUT2D eigenvalue weighted by Crippen LogP contribution is -2.45. The maximum absolute atomic E-state index is 12.2. The molecule has 1 atom stereocenters. The minimum absolute atomic E-state index is 0.202. The summed E-state index contributed by atoms with van der Waals surface area (Å²) in [6, 6.07) is 0.234. The van der Waals surface area contributed by atoms with Crippen LogP contribution in [0.25, 0.3) is 0 Å². The van der Waals surface area contributed by atoms with E-state index in [2.05, 4.69) is 9.97 Å². The van der Waals surface area contributed by atoms with Crippen LogP contribution in [0, 0.1) is 0 Å². The number of halogens is 1. The van der Waals surface area contributed by atoms with Gasteiger partial charge in [0, 0.05) is 6.54 Å². The summed E-state index contributed by atoms with van der Waals surface area (Å²) in [5, 5.41) is 0.440. The average Bonchev–Trinajstić information content (AvgIpc) is 2.48. The van der Waals surface area contributed by atoms with Crippen LogP contribution in [0.2, 0.25) is 5.02 Å². The summed E-state index contributed by atoms with van der Waals surface area (Å²) in [6.07, 6.45) is 5.84. The summed E-state index contributed by atoms with van der Waals surface area (Å²) in [4.78, 5) is 7.95. The number of nitrogens with zero attached hydrogens (tertiary/aromatic N) is 3. The number of ether oxygens (including phenoxy) is 1. The highest BCUT2D eigenvalue weighted by molar-refractivity contribution is 7.89. The van der Waals surface area contributed by atoms with Crippen LogP contribution in [-0.4, -0.2) is 47.6 Å². The summed E-state index contributed by atoms with van der Waals surface area (Å²) in [5.74, 6) is 0.202. The van der Waals surface area contributed by atoms with Crippen LogP contribution < -0.4 is 4.74 Å². The van der Waals surface area contributed by atoms with E-state index in [-0.39, 0.29) is 17.9 Å². The fourth-order valence-corrected chi connectivity index (χ4v) is 4.03. The summed E-state index contributed by atoms with van der Waals surface area (Å²) >= 11 is 5.72. The second kappa shape index (κ2) is 7.38. The van der Waals surface area contributed by atoms with E-state index in [0.29, 0.717) is 24.5 Å². The van der Waals surface area contributed by atoms with Gasteiger partial charge in [-0.05, 0) is 19.3 Å².